The first kappa shape index (κ1) is 38.6. The molecule has 302 valence electrons. The van der Waals surface area contributed by atoms with E-state index in [1.54, 1.807) is 24.3 Å². The molecule has 0 spiro atoms. The average molecular weight is 842 g/mol. The van der Waals surface area contributed by atoms with Crippen molar-refractivity contribution < 1.29 is 35.4 Å². The molecule has 10 rings (SSSR count). The molecule has 0 unspecified atom stereocenters. The van der Waals surface area contributed by atoms with Crippen molar-refractivity contribution in [3.05, 3.63) is 226 Å². The summed E-state index contributed by atoms with van der Waals surface area (Å²) >= 11 is 0. The standard InChI is InChI=1S/C48H32F6N4O2P/c49-47(50,51)29-59-61(60-30-48(52,53)54)57-39-25-26-40(57)45(33-17-9-3-10-18-33)37-23-24-38(56-37)46(34-19-11-4-12-20-34)42-28-27-41(58(42)61)44(32-15-7-2-8-16-32)36-22-21-35(55-36)43(39)31-13-5-1-6-14-31/h1-28H,29-30H2/q+1. The summed E-state index contributed by atoms with van der Waals surface area (Å²) in [6.07, 6.45) is -2.74. The summed E-state index contributed by atoms with van der Waals surface area (Å²) in [5.74, 6) is 0. The summed E-state index contributed by atoms with van der Waals surface area (Å²) < 4.78 is 105. The zero-order chi connectivity index (χ0) is 41.9. The van der Waals surface area contributed by atoms with Gasteiger partial charge in [-0.05, 0) is 70.8 Å². The molecular formula is C48H32F6N4O2P+. The van der Waals surface area contributed by atoms with Gasteiger partial charge in [0.25, 0.3) is 0 Å². The lowest BCUT2D eigenvalue weighted by Crippen LogP contribution is -2.40. The van der Waals surface area contributed by atoms with E-state index in [-0.39, 0.29) is 22.1 Å². The van der Waals surface area contributed by atoms with E-state index in [2.05, 4.69) is 0 Å². The molecule has 0 aliphatic carbocycles. The highest BCUT2D eigenvalue weighted by Crippen LogP contribution is 2.66. The molecule has 0 N–H and O–H groups in total. The Morgan fingerprint density at radius 1 is 0.410 bits per heavy atom. The van der Waals surface area contributed by atoms with Gasteiger partial charge in [-0.3, -0.25) is 0 Å². The highest BCUT2D eigenvalue weighted by molar-refractivity contribution is 7.63. The van der Waals surface area contributed by atoms with Gasteiger partial charge >= 0.3 is 20.4 Å². The summed E-state index contributed by atoms with van der Waals surface area (Å²) in [6.45, 7) is -3.89. The Balaban J connectivity index is 1.52. The van der Waals surface area contributed by atoms with Crippen LogP contribution in [0.25, 0.3) is 22.3 Å². The Bertz CT molecular complexity index is 2830. The minimum absolute atomic E-state index is 0.222. The van der Waals surface area contributed by atoms with Crippen LogP contribution in [0.1, 0.15) is 33.6 Å². The lowest BCUT2D eigenvalue weighted by molar-refractivity contribution is -0.165. The molecule has 4 aromatic carbocycles. The molecule has 0 radical (unpaired) electrons. The molecule has 0 saturated heterocycles. The summed E-state index contributed by atoms with van der Waals surface area (Å²) in [5.41, 5.74) is 6.36. The topological polar surface area (TPSA) is 53.0 Å². The molecule has 6 aromatic rings. The molecule has 4 aliphatic rings. The van der Waals surface area contributed by atoms with Gasteiger partial charge in [-0.15, -0.1) is 8.68 Å². The van der Waals surface area contributed by atoms with Crippen molar-refractivity contribution in [3.8, 4) is 0 Å². The van der Waals surface area contributed by atoms with Crippen LogP contribution in [0.2, 0.25) is 0 Å². The van der Waals surface area contributed by atoms with Crippen molar-refractivity contribution in [2.24, 2.45) is 9.98 Å². The van der Waals surface area contributed by atoms with Gasteiger partial charge < -0.3 is 0 Å². The number of fused-ring (bicyclic) bond motifs is 2. The largest absolute Gasteiger partial charge is 0.498 e. The molecule has 2 aromatic heterocycles. The second-order valence-electron chi connectivity index (χ2n) is 14.5. The highest BCUT2D eigenvalue weighted by atomic mass is 31.2. The summed E-state index contributed by atoms with van der Waals surface area (Å²) in [4.78, 5) is 10.4. The van der Waals surface area contributed by atoms with Crippen molar-refractivity contribution >= 4 is 41.7 Å². The van der Waals surface area contributed by atoms with Crippen LogP contribution >= 0.6 is 8.02 Å². The highest BCUT2D eigenvalue weighted by Gasteiger charge is 2.58. The first-order valence-electron chi connectivity index (χ1n) is 19.3. The number of nitrogens with zero attached hydrogens (tertiary/aromatic N) is 4. The van der Waals surface area contributed by atoms with Crippen molar-refractivity contribution in [1.29, 1.82) is 0 Å². The predicted octanol–water partition coefficient (Wildman–Crippen LogP) is 10.5. The number of rotatable bonds is 8. The Labute approximate surface area is 346 Å². The van der Waals surface area contributed by atoms with Gasteiger partial charge in [-0.1, -0.05) is 121 Å². The smallest absolute Gasteiger partial charge is 0.248 e. The first-order chi connectivity index (χ1) is 29.5. The fourth-order valence-corrected chi connectivity index (χ4v) is 11.3. The van der Waals surface area contributed by atoms with Gasteiger partial charge in [-0.25, -0.2) is 9.98 Å². The molecule has 0 saturated carbocycles. The quantitative estimate of drug-likeness (QED) is 0.113. The van der Waals surface area contributed by atoms with Gasteiger partial charge in [0.15, 0.2) is 13.2 Å². The van der Waals surface area contributed by atoms with Crippen LogP contribution in [0.5, 0.6) is 0 Å². The lowest BCUT2D eigenvalue weighted by Gasteiger charge is -2.31. The van der Waals surface area contributed by atoms with Crippen LogP contribution in [-0.2, 0) is 9.05 Å². The van der Waals surface area contributed by atoms with Crippen LogP contribution in [0.15, 0.2) is 191 Å². The molecule has 6 bridgehead atoms. The van der Waals surface area contributed by atoms with Gasteiger partial charge in [0.2, 0.25) is 0 Å². The van der Waals surface area contributed by atoms with E-state index in [0.29, 0.717) is 67.4 Å². The maximum Gasteiger partial charge on any atom is 0.498 e. The van der Waals surface area contributed by atoms with Crippen LogP contribution < -0.4 is 10.7 Å². The Kier molecular flexibility index (Phi) is 9.39. The average Bonchev–Trinajstić information content (AvgIpc) is 4.09. The molecule has 6 nitrogen and oxygen atoms in total. The number of aromatic nitrogens is 2. The fourth-order valence-electron chi connectivity index (χ4n) is 8.24. The second kappa shape index (κ2) is 14.8. The summed E-state index contributed by atoms with van der Waals surface area (Å²) in [6, 6.07) is 43.1. The Morgan fingerprint density at radius 2 is 0.754 bits per heavy atom. The second-order valence-corrected chi connectivity index (χ2v) is 16.8. The zero-order valence-corrected chi connectivity index (χ0v) is 32.8. The van der Waals surface area contributed by atoms with Crippen LogP contribution in [-0.4, -0.2) is 45.7 Å². The molecule has 6 heterocycles. The number of aliphatic imine (C=N–C) groups is 2. The lowest BCUT2D eigenvalue weighted by atomic mass is 10.0. The third-order valence-electron chi connectivity index (χ3n) is 10.6. The van der Waals surface area contributed by atoms with E-state index in [0.717, 1.165) is 0 Å². The summed E-state index contributed by atoms with van der Waals surface area (Å²) in [5, 5.41) is 0.443. The molecule has 0 fully saturated rings. The molecule has 13 heteroatoms. The van der Waals surface area contributed by atoms with E-state index in [1.807, 2.05) is 146 Å². The van der Waals surface area contributed by atoms with Crippen molar-refractivity contribution in [2.45, 2.75) is 12.4 Å². The van der Waals surface area contributed by atoms with Crippen molar-refractivity contribution in [3.63, 3.8) is 0 Å². The van der Waals surface area contributed by atoms with Crippen molar-refractivity contribution in [1.82, 2.24) is 8.68 Å². The normalized spacial score (nSPS) is 16.6. The Hall–Kier alpha value is -6.59. The molecule has 0 amide bonds. The predicted molar refractivity (Wildman–Crippen MR) is 226 cm³/mol. The maximum absolute atomic E-state index is 15.0. The minimum atomic E-state index is -5.04. The number of hydrogen-bond donors (Lipinski definition) is 0. The molecule has 4 aliphatic heterocycles. The SMILES string of the molecule is FC(F)(F)CO[P+]1(OCC(F)(F)F)n2c3ccc2C(c2ccccc2)=C2C=CC(=N2)C(c2ccccc2)=c2ccc(n21)=C(c1ccccc1)C1=NC(=C3c2ccccc2)C=C1. The van der Waals surface area contributed by atoms with E-state index < -0.39 is 33.6 Å². The third-order valence-corrected chi connectivity index (χ3v) is 13.4. The minimum Gasteiger partial charge on any atom is -0.248 e. The maximum atomic E-state index is 15.0. The van der Waals surface area contributed by atoms with Gasteiger partial charge in [0, 0.05) is 22.3 Å². The van der Waals surface area contributed by atoms with E-state index in [9.17, 15) is 26.3 Å². The van der Waals surface area contributed by atoms with Gasteiger partial charge in [0.1, 0.15) is 0 Å². The van der Waals surface area contributed by atoms with Crippen LogP contribution in [0.3, 0.4) is 0 Å². The summed E-state index contributed by atoms with van der Waals surface area (Å²) in [7, 11) is -5.04. The number of hydrogen-bond acceptors (Lipinski definition) is 4. The number of benzene rings is 4. The fraction of sp³-hybridized carbons (Fsp3) is 0.0833. The number of alkyl halides is 6. The monoisotopic (exact) mass is 841 g/mol. The first-order valence-corrected chi connectivity index (χ1v) is 20.8. The van der Waals surface area contributed by atoms with Crippen LogP contribution in [0, 0.1) is 0 Å². The van der Waals surface area contributed by atoms with Crippen molar-refractivity contribution in [2.75, 3.05) is 13.2 Å². The molecule has 0 atom stereocenters. The van der Waals surface area contributed by atoms with Gasteiger partial charge in [-0.2, -0.15) is 35.4 Å². The van der Waals surface area contributed by atoms with Crippen LogP contribution in [0.4, 0.5) is 26.3 Å². The molecule has 61 heavy (non-hydrogen) atoms. The number of halogens is 6. The number of allylic oxidation sites excluding steroid dienone is 4. The molecular weight excluding hydrogens is 810 g/mol. The zero-order valence-electron chi connectivity index (χ0n) is 31.9. The third kappa shape index (κ3) is 6.86. The van der Waals surface area contributed by atoms with E-state index >= 15 is 0 Å². The van der Waals surface area contributed by atoms with Gasteiger partial charge in [0.05, 0.1) is 44.9 Å². The van der Waals surface area contributed by atoms with E-state index in [4.69, 9.17) is 19.0 Å². The van der Waals surface area contributed by atoms with E-state index in [1.165, 1.54) is 8.68 Å². The Morgan fingerprint density at radius 3 is 1.10 bits per heavy atom.